The van der Waals surface area contributed by atoms with Crippen molar-refractivity contribution in [1.82, 2.24) is 24.6 Å². The zero-order chi connectivity index (χ0) is 24.0. The Labute approximate surface area is 193 Å². The van der Waals surface area contributed by atoms with Crippen molar-refractivity contribution in [3.05, 3.63) is 41.5 Å². The van der Waals surface area contributed by atoms with Crippen LogP contribution in [0.15, 0.2) is 29.8 Å². The lowest BCUT2D eigenvalue weighted by Crippen LogP contribution is -2.45. The summed E-state index contributed by atoms with van der Waals surface area (Å²) in [6.07, 6.45) is -2.32. The van der Waals surface area contributed by atoms with Gasteiger partial charge in [-0.25, -0.2) is 9.37 Å². The van der Waals surface area contributed by atoms with Gasteiger partial charge in [0.25, 0.3) is 0 Å². The third-order valence-corrected chi connectivity index (χ3v) is 6.15. The van der Waals surface area contributed by atoms with Gasteiger partial charge in [-0.2, -0.15) is 13.2 Å². The lowest BCUT2D eigenvalue weighted by molar-refractivity contribution is -0.169. The number of hydrogen-bond donors (Lipinski definition) is 0. The van der Waals surface area contributed by atoms with E-state index in [9.17, 15) is 17.6 Å². The van der Waals surface area contributed by atoms with Crippen molar-refractivity contribution in [3.8, 4) is 29.1 Å². The molecule has 6 nitrogen and oxygen atoms in total. The predicted octanol–water partition coefficient (Wildman–Crippen LogP) is 4.31. The number of benzene rings is 1. The summed E-state index contributed by atoms with van der Waals surface area (Å²) >= 11 is 0. The molecule has 5 rings (SSSR count). The molecule has 1 saturated heterocycles. The first-order valence-corrected chi connectivity index (χ1v) is 10.8. The van der Waals surface area contributed by atoms with Crippen LogP contribution in [0, 0.1) is 23.6 Å². The Morgan fingerprint density at radius 2 is 1.97 bits per heavy atom. The number of aromatic nitrogens is 4. The second-order valence-corrected chi connectivity index (χ2v) is 8.56. The fourth-order valence-corrected chi connectivity index (χ4v) is 4.49. The Kier molecular flexibility index (Phi) is 5.52. The van der Waals surface area contributed by atoms with Crippen LogP contribution in [0.25, 0.3) is 28.6 Å². The molecule has 0 N–H and O–H groups in total. The fourth-order valence-electron chi connectivity index (χ4n) is 4.49. The molecule has 2 atom stereocenters. The van der Waals surface area contributed by atoms with E-state index in [1.54, 1.807) is 18.2 Å². The van der Waals surface area contributed by atoms with Gasteiger partial charge in [0.05, 0.1) is 13.5 Å². The third kappa shape index (κ3) is 3.90. The minimum absolute atomic E-state index is 0.0423. The van der Waals surface area contributed by atoms with Crippen molar-refractivity contribution >= 4 is 17.1 Å². The van der Waals surface area contributed by atoms with Crippen LogP contribution in [0.3, 0.4) is 0 Å². The van der Waals surface area contributed by atoms with Gasteiger partial charge in [0.15, 0.2) is 17.4 Å². The topological polar surface area (TPSA) is 56.1 Å². The van der Waals surface area contributed by atoms with Crippen LogP contribution >= 0.6 is 0 Å². The lowest BCUT2D eigenvalue weighted by Gasteiger charge is -2.29. The average Bonchev–Trinajstić information content (AvgIpc) is 3.33. The average molecular weight is 471 g/mol. The van der Waals surface area contributed by atoms with Crippen LogP contribution in [0.4, 0.5) is 17.6 Å². The van der Waals surface area contributed by atoms with E-state index in [2.05, 4.69) is 27.0 Å². The van der Waals surface area contributed by atoms with E-state index < -0.39 is 18.0 Å². The molecule has 2 aromatic heterocycles. The molecule has 0 radical (unpaired) electrons. The number of fused-ring (bicyclic) bond motifs is 2. The summed E-state index contributed by atoms with van der Waals surface area (Å²) in [6, 6.07) is 4.66. The molecular weight excluding hydrogens is 450 g/mol. The van der Waals surface area contributed by atoms with Gasteiger partial charge in [-0.15, -0.1) is 10.2 Å². The number of nitrogens with zero attached hydrogens (tertiary/aromatic N) is 5. The second kappa shape index (κ2) is 8.40. The first kappa shape index (κ1) is 22.3. The Balaban J connectivity index is 1.61. The molecule has 34 heavy (non-hydrogen) atoms. The standard InChI is InChI=1S/C24H21F4N5O/c1-14-10-11-32(12-14)22(24(26,27)28)16-4-3-5-19-30-31-23(33(19)13-16)17-8-6-15-7-9-18(34-2)20(25)21(15)29-17/h6-9,13-14,22H,5,10-12H2,1-2H3/t14-,22+/m0/s1. The van der Waals surface area contributed by atoms with Crippen LogP contribution < -0.4 is 4.74 Å². The van der Waals surface area contributed by atoms with Gasteiger partial charge < -0.3 is 4.74 Å². The number of halogens is 4. The van der Waals surface area contributed by atoms with Gasteiger partial charge in [-0.05, 0) is 37.1 Å². The molecule has 2 aliphatic rings. The van der Waals surface area contributed by atoms with Crippen LogP contribution in [0.5, 0.6) is 5.75 Å². The highest BCUT2D eigenvalue weighted by Gasteiger charge is 2.47. The highest BCUT2D eigenvalue weighted by Crippen LogP contribution is 2.35. The van der Waals surface area contributed by atoms with Crippen molar-refractivity contribution in [2.45, 2.75) is 32.0 Å². The predicted molar refractivity (Wildman–Crippen MR) is 118 cm³/mol. The van der Waals surface area contributed by atoms with Gasteiger partial charge >= 0.3 is 6.18 Å². The molecule has 0 spiro atoms. The van der Waals surface area contributed by atoms with Crippen LogP contribution in [-0.4, -0.2) is 57.1 Å². The summed E-state index contributed by atoms with van der Waals surface area (Å²) in [7, 11) is 1.36. The van der Waals surface area contributed by atoms with E-state index in [0.717, 1.165) is 0 Å². The molecule has 1 fully saturated rings. The monoisotopic (exact) mass is 471 g/mol. The first-order valence-electron chi connectivity index (χ1n) is 10.8. The van der Waals surface area contributed by atoms with Crippen molar-refractivity contribution in [2.24, 2.45) is 5.92 Å². The van der Waals surface area contributed by atoms with Gasteiger partial charge in [-0.1, -0.05) is 24.8 Å². The normalized spacial score (nSPS) is 19.2. The Bertz CT molecular complexity index is 1350. The summed E-state index contributed by atoms with van der Waals surface area (Å²) in [5.41, 5.74) is 0.270. The van der Waals surface area contributed by atoms with Gasteiger partial charge in [-0.3, -0.25) is 9.47 Å². The molecule has 176 valence electrons. The summed E-state index contributed by atoms with van der Waals surface area (Å²) in [4.78, 5) is 5.82. The molecule has 1 aromatic carbocycles. The number of alkyl halides is 3. The van der Waals surface area contributed by atoms with Crippen LogP contribution in [0.2, 0.25) is 0 Å². The first-order chi connectivity index (χ1) is 16.3. The van der Waals surface area contributed by atoms with E-state index in [1.807, 2.05) is 6.92 Å². The Hall–Kier alpha value is -3.45. The smallest absolute Gasteiger partial charge is 0.408 e. The summed E-state index contributed by atoms with van der Waals surface area (Å²) in [5.74, 6) is 5.69. The largest absolute Gasteiger partial charge is 0.494 e. The molecule has 0 aliphatic carbocycles. The van der Waals surface area contributed by atoms with Crippen molar-refractivity contribution in [2.75, 3.05) is 20.2 Å². The van der Waals surface area contributed by atoms with E-state index >= 15 is 0 Å². The SMILES string of the molecule is COc1ccc2ccc(-c3nnc4n3C=C([C@@H](N3CC[C@H](C)C3)C(F)(F)F)C#CC4)nc2c1F. The zero-order valence-electron chi connectivity index (χ0n) is 18.5. The number of likely N-dealkylation sites (tertiary alicyclic amines) is 1. The maximum atomic E-state index is 14.8. The lowest BCUT2D eigenvalue weighted by atomic mass is 10.1. The van der Waals surface area contributed by atoms with E-state index in [0.29, 0.717) is 30.7 Å². The molecule has 0 unspecified atom stereocenters. The van der Waals surface area contributed by atoms with Crippen LogP contribution in [0.1, 0.15) is 19.2 Å². The molecule has 3 aromatic rings. The molecule has 4 heterocycles. The van der Waals surface area contributed by atoms with Gasteiger partial charge in [0, 0.05) is 23.7 Å². The van der Waals surface area contributed by atoms with Gasteiger partial charge in [0.2, 0.25) is 0 Å². The minimum Gasteiger partial charge on any atom is -0.494 e. The van der Waals surface area contributed by atoms with Crippen molar-refractivity contribution < 1.29 is 22.3 Å². The number of methoxy groups -OCH3 is 1. The second-order valence-electron chi connectivity index (χ2n) is 8.56. The Morgan fingerprint density at radius 3 is 2.68 bits per heavy atom. The zero-order valence-corrected chi connectivity index (χ0v) is 18.5. The van der Waals surface area contributed by atoms with Gasteiger partial charge in [0.1, 0.15) is 23.1 Å². The van der Waals surface area contributed by atoms with Crippen LogP contribution in [-0.2, 0) is 6.42 Å². The minimum atomic E-state index is -4.50. The summed E-state index contributed by atoms with van der Waals surface area (Å²) in [6.45, 7) is 2.63. The molecule has 10 heteroatoms. The molecular formula is C24H21F4N5O. The summed E-state index contributed by atoms with van der Waals surface area (Å²) in [5, 5.41) is 8.80. The number of rotatable bonds is 4. The molecule has 0 saturated carbocycles. The molecule has 2 aliphatic heterocycles. The number of ether oxygens (including phenoxy) is 1. The fraction of sp³-hybridized carbons (Fsp3) is 0.375. The maximum Gasteiger partial charge on any atom is 0.408 e. The third-order valence-electron chi connectivity index (χ3n) is 6.15. The van der Waals surface area contributed by atoms with Crippen molar-refractivity contribution in [3.63, 3.8) is 0 Å². The Morgan fingerprint density at radius 1 is 1.18 bits per heavy atom. The van der Waals surface area contributed by atoms with E-state index in [4.69, 9.17) is 4.74 Å². The molecule has 0 amide bonds. The highest BCUT2D eigenvalue weighted by atomic mass is 19.4. The number of hydrogen-bond acceptors (Lipinski definition) is 5. The maximum absolute atomic E-state index is 14.8. The highest BCUT2D eigenvalue weighted by molar-refractivity contribution is 5.83. The molecule has 0 bridgehead atoms. The van der Waals surface area contributed by atoms with E-state index in [1.165, 1.54) is 28.8 Å². The quantitative estimate of drug-likeness (QED) is 0.419. The number of pyridine rings is 1. The van der Waals surface area contributed by atoms with Crippen molar-refractivity contribution in [1.29, 1.82) is 0 Å². The van der Waals surface area contributed by atoms with E-state index in [-0.39, 0.29) is 40.7 Å². The summed E-state index contributed by atoms with van der Waals surface area (Å²) < 4.78 is 63.8.